The van der Waals surface area contributed by atoms with Crippen molar-refractivity contribution in [3.05, 3.63) is 70.0 Å². The van der Waals surface area contributed by atoms with Crippen molar-refractivity contribution < 1.29 is 0 Å². The minimum Gasteiger partial charge on any atom is -0.283 e. The summed E-state index contributed by atoms with van der Waals surface area (Å²) in [7, 11) is 0. The summed E-state index contributed by atoms with van der Waals surface area (Å²) in [4.78, 5) is 17.5. The molecule has 0 radical (unpaired) electrons. The Morgan fingerprint density at radius 1 is 1.09 bits per heavy atom. The zero-order valence-electron chi connectivity index (χ0n) is 12.7. The summed E-state index contributed by atoms with van der Waals surface area (Å²) in [6.45, 7) is 4.69. The van der Waals surface area contributed by atoms with Gasteiger partial charge in [-0.05, 0) is 30.4 Å². The topological polar surface area (TPSA) is 34.9 Å². The lowest BCUT2D eigenvalue weighted by Crippen LogP contribution is -2.24. The predicted octanol–water partition coefficient (Wildman–Crippen LogP) is 3.87. The third kappa shape index (κ3) is 2.92. The van der Waals surface area contributed by atoms with Crippen LogP contribution in [-0.2, 0) is 6.54 Å². The first-order valence-electron chi connectivity index (χ1n) is 7.37. The Morgan fingerprint density at radius 3 is 2.55 bits per heavy atom. The molecule has 0 N–H and O–H groups in total. The van der Waals surface area contributed by atoms with Crippen molar-refractivity contribution in [2.24, 2.45) is 0 Å². The molecule has 0 spiro atoms. The van der Waals surface area contributed by atoms with Gasteiger partial charge in [0.05, 0.1) is 17.4 Å². The fraction of sp³-hybridized carbons (Fsp3) is 0.222. The van der Waals surface area contributed by atoms with Crippen LogP contribution in [0, 0.1) is 6.92 Å². The van der Waals surface area contributed by atoms with Crippen molar-refractivity contribution in [3.63, 3.8) is 0 Å². The average molecular weight is 310 g/mol. The molecule has 2 aromatic carbocycles. The quantitative estimate of drug-likeness (QED) is 0.542. The van der Waals surface area contributed by atoms with Gasteiger partial charge in [-0.2, -0.15) is 0 Å². The van der Waals surface area contributed by atoms with Gasteiger partial charge in [-0.25, -0.2) is 4.98 Å². The van der Waals surface area contributed by atoms with Crippen molar-refractivity contribution >= 4 is 22.7 Å². The molecule has 0 amide bonds. The molecule has 112 valence electrons. The summed E-state index contributed by atoms with van der Waals surface area (Å²) in [6.07, 6.45) is 0. The van der Waals surface area contributed by atoms with Crippen LogP contribution >= 0.6 is 11.8 Å². The van der Waals surface area contributed by atoms with E-state index in [0.717, 1.165) is 22.0 Å². The number of benzene rings is 2. The number of aromatic nitrogens is 2. The summed E-state index contributed by atoms with van der Waals surface area (Å²) in [5.74, 6) is 0.888. The van der Waals surface area contributed by atoms with Gasteiger partial charge in [0.2, 0.25) is 0 Å². The Balaban J connectivity index is 2.13. The van der Waals surface area contributed by atoms with E-state index in [9.17, 15) is 4.79 Å². The number of para-hydroxylation sites is 1. The lowest BCUT2D eigenvalue weighted by molar-refractivity contribution is 0.658. The standard InChI is InChI=1S/C18H18N2OS/c1-3-22-18-19-16-7-5-4-6-15(16)17(21)20(18)12-14-10-8-13(2)9-11-14/h4-11H,3,12H2,1-2H3. The molecule has 0 saturated heterocycles. The van der Waals surface area contributed by atoms with Crippen molar-refractivity contribution in [3.8, 4) is 0 Å². The first-order chi connectivity index (χ1) is 10.7. The van der Waals surface area contributed by atoms with Crippen LogP contribution in [0.2, 0.25) is 0 Å². The predicted molar refractivity (Wildman–Crippen MR) is 92.7 cm³/mol. The van der Waals surface area contributed by atoms with Crippen molar-refractivity contribution in [2.75, 3.05) is 5.75 Å². The second kappa shape index (κ2) is 6.36. The summed E-state index contributed by atoms with van der Waals surface area (Å²) in [5.41, 5.74) is 3.13. The minimum absolute atomic E-state index is 0.0297. The molecule has 3 nitrogen and oxygen atoms in total. The highest BCUT2D eigenvalue weighted by Crippen LogP contribution is 2.18. The van der Waals surface area contributed by atoms with Crippen LogP contribution in [-0.4, -0.2) is 15.3 Å². The molecular weight excluding hydrogens is 292 g/mol. The van der Waals surface area contributed by atoms with E-state index in [1.54, 1.807) is 16.3 Å². The summed E-state index contributed by atoms with van der Waals surface area (Å²) in [6, 6.07) is 15.8. The maximum absolute atomic E-state index is 12.8. The van der Waals surface area contributed by atoms with Gasteiger partial charge in [0.1, 0.15) is 0 Å². The highest BCUT2D eigenvalue weighted by molar-refractivity contribution is 7.99. The maximum Gasteiger partial charge on any atom is 0.262 e. The summed E-state index contributed by atoms with van der Waals surface area (Å²) in [5, 5.41) is 1.46. The third-order valence-electron chi connectivity index (χ3n) is 3.56. The van der Waals surface area contributed by atoms with Crippen LogP contribution in [0.4, 0.5) is 0 Å². The highest BCUT2D eigenvalue weighted by atomic mass is 32.2. The van der Waals surface area contributed by atoms with Gasteiger partial charge in [-0.3, -0.25) is 9.36 Å². The summed E-state index contributed by atoms with van der Waals surface area (Å²) >= 11 is 1.61. The lowest BCUT2D eigenvalue weighted by Gasteiger charge is -2.12. The molecule has 0 aliphatic rings. The van der Waals surface area contributed by atoms with Gasteiger partial charge < -0.3 is 0 Å². The summed E-state index contributed by atoms with van der Waals surface area (Å²) < 4.78 is 1.78. The number of rotatable bonds is 4. The molecule has 0 unspecified atom stereocenters. The van der Waals surface area contributed by atoms with E-state index in [4.69, 9.17) is 0 Å². The second-order valence-electron chi connectivity index (χ2n) is 5.22. The van der Waals surface area contributed by atoms with E-state index in [2.05, 4.69) is 43.1 Å². The van der Waals surface area contributed by atoms with Gasteiger partial charge in [-0.1, -0.05) is 60.6 Å². The zero-order valence-corrected chi connectivity index (χ0v) is 13.6. The van der Waals surface area contributed by atoms with Crippen LogP contribution in [0.1, 0.15) is 18.1 Å². The van der Waals surface area contributed by atoms with Crippen molar-refractivity contribution in [1.82, 2.24) is 9.55 Å². The van der Waals surface area contributed by atoms with Gasteiger partial charge in [0.15, 0.2) is 5.16 Å². The van der Waals surface area contributed by atoms with Gasteiger partial charge in [0.25, 0.3) is 5.56 Å². The van der Waals surface area contributed by atoms with E-state index in [1.807, 2.05) is 24.3 Å². The fourth-order valence-corrected chi connectivity index (χ4v) is 3.13. The van der Waals surface area contributed by atoms with Gasteiger partial charge >= 0.3 is 0 Å². The first-order valence-corrected chi connectivity index (χ1v) is 8.35. The Labute approximate surface area is 134 Å². The molecule has 22 heavy (non-hydrogen) atoms. The highest BCUT2D eigenvalue weighted by Gasteiger charge is 2.11. The molecule has 3 aromatic rings. The fourth-order valence-electron chi connectivity index (χ4n) is 2.40. The Bertz CT molecular complexity index is 853. The average Bonchev–Trinajstić information content (AvgIpc) is 2.53. The third-order valence-corrected chi connectivity index (χ3v) is 4.42. The number of fused-ring (bicyclic) bond motifs is 1. The Hall–Kier alpha value is -2.07. The monoisotopic (exact) mass is 310 g/mol. The van der Waals surface area contributed by atoms with Crippen LogP contribution < -0.4 is 5.56 Å². The molecule has 0 saturated carbocycles. The van der Waals surface area contributed by atoms with E-state index < -0.39 is 0 Å². The molecule has 0 bridgehead atoms. The van der Waals surface area contributed by atoms with Gasteiger partial charge in [-0.15, -0.1) is 0 Å². The normalized spacial score (nSPS) is 11.0. The van der Waals surface area contributed by atoms with Crippen LogP contribution in [0.5, 0.6) is 0 Å². The number of aryl methyl sites for hydroxylation is 1. The molecule has 0 aliphatic carbocycles. The lowest BCUT2D eigenvalue weighted by atomic mass is 10.1. The zero-order chi connectivity index (χ0) is 15.5. The maximum atomic E-state index is 12.8. The van der Waals surface area contributed by atoms with E-state index in [-0.39, 0.29) is 5.56 Å². The number of hydrogen-bond acceptors (Lipinski definition) is 3. The Kier molecular flexibility index (Phi) is 4.29. The van der Waals surface area contributed by atoms with E-state index >= 15 is 0 Å². The molecule has 0 aliphatic heterocycles. The molecule has 0 fully saturated rings. The van der Waals surface area contributed by atoms with Crippen LogP contribution in [0.3, 0.4) is 0 Å². The minimum atomic E-state index is 0.0297. The van der Waals surface area contributed by atoms with Crippen molar-refractivity contribution in [1.29, 1.82) is 0 Å². The van der Waals surface area contributed by atoms with Crippen LogP contribution in [0.15, 0.2) is 58.5 Å². The molecule has 0 atom stereocenters. The number of nitrogens with zero attached hydrogens (tertiary/aromatic N) is 2. The van der Waals surface area contributed by atoms with Gasteiger partial charge in [0, 0.05) is 0 Å². The first kappa shape index (κ1) is 14.9. The molecule has 4 heteroatoms. The van der Waals surface area contributed by atoms with Crippen LogP contribution in [0.25, 0.3) is 10.9 Å². The van der Waals surface area contributed by atoms with E-state index in [1.165, 1.54) is 5.56 Å². The molecule has 1 heterocycles. The molecule has 3 rings (SSSR count). The smallest absolute Gasteiger partial charge is 0.262 e. The number of thioether (sulfide) groups is 1. The molecular formula is C18H18N2OS. The Morgan fingerprint density at radius 2 is 1.82 bits per heavy atom. The van der Waals surface area contributed by atoms with Crippen molar-refractivity contribution in [2.45, 2.75) is 25.5 Å². The largest absolute Gasteiger partial charge is 0.283 e. The SMILES string of the molecule is CCSc1nc2ccccc2c(=O)n1Cc1ccc(C)cc1. The van der Waals surface area contributed by atoms with E-state index in [0.29, 0.717) is 11.9 Å². The molecule has 1 aromatic heterocycles. The second-order valence-corrected chi connectivity index (χ2v) is 6.45. The number of hydrogen-bond donors (Lipinski definition) is 0.